The van der Waals surface area contributed by atoms with Crippen molar-refractivity contribution in [2.45, 2.75) is 83.8 Å². The summed E-state index contributed by atoms with van der Waals surface area (Å²) in [7, 11) is 0. The van der Waals surface area contributed by atoms with E-state index in [2.05, 4.69) is 31.4 Å². The standard InChI is InChI=1S/C17H34N2O/c1-17(2,3)16(10-12-20)19-15-8-5-4-7-13(15)14-9-6-11-18-14/h13-16,18-20H,4-12H2,1-3H3. The molecule has 4 atom stereocenters. The Hall–Kier alpha value is -0.120. The van der Waals surface area contributed by atoms with Crippen molar-refractivity contribution in [3.63, 3.8) is 0 Å². The Morgan fingerprint density at radius 2 is 1.90 bits per heavy atom. The fourth-order valence-corrected chi connectivity index (χ4v) is 4.08. The van der Waals surface area contributed by atoms with Crippen molar-refractivity contribution in [1.82, 2.24) is 10.6 Å². The molecule has 1 aliphatic heterocycles. The highest BCUT2D eigenvalue weighted by Crippen LogP contribution is 2.32. The summed E-state index contributed by atoms with van der Waals surface area (Å²) >= 11 is 0. The third-order valence-corrected chi connectivity index (χ3v) is 5.31. The average Bonchev–Trinajstić information content (AvgIpc) is 2.91. The minimum atomic E-state index is 0.216. The Morgan fingerprint density at radius 1 is 1.15 bits per heavy atom. The zero-order chi connectivity index (χ0) is 14.6. The van der Waals surface area contributed by atoms with E-state index in [1.165, 1.54) is 45.1 Å². The van der Waals surface area contributed by atoms with Crippen LogP contribution in [0.15, 0.2) is 0 Å². The number of aliphatic hydroxyl groups excluding tert-OH is 1. The highest BCUT2D eigenvalue weighted by Gasteiger charge is 2.36. The Labute approximate surface area is 124 Å². The summed E-state index contributed by atoms with van der Waals surface area (Å²) < 4.78 is 0. The number of hydrogen-bond donors (Lipinski definition) is 3. The lowest BCUT2D eigenvalue weighted by atomic mass is 9.77. The molecule has 2 aliphatic rings. The molecular weight excluding hydrogens is 248 g/mol. The number of rotatable bonds is 5. The van der Waals surface area contributed by atoms with Crippen molar-refractivity contribution in [1.29, 1.82) is 0 Å². The summed E-state index contributed by atoms with van der Waals surface area (Å²) in [5.41, 5.74) is 0.216. The maximum Gasteiger partial charge on any atom is 0.0446 e. The number of hydrogen-bond acceptors (Lipinski definition) is 3. The molecule has 0 aromatic heterocycles. The molecule has 0 bridgehead atoms. The van der Waals surface area contributed by atoms with Crippen molar-refractivity contribution >= 4 is 0 Å². The molecule has 2 fully saturated rings. The van der Waals surface area contributed by atoms with Crippen LogP contribution in [0, 0.1) is 11.3 Å². The fourth-order valence-electron chi connectivity index (χ4n) is 4.08. The number of nitrogens with one attached hydrogen (secondary N) is 2. The lowest BCUT2D eigenvalue weighted by Gasteiger charge is -2.42. The third-order valence-electron chi connectivity index (χ3n) is 5.31. The van der Waals surface area contributed by atoms with Gasteiger partial charge in [-0.05, 0) is 50.0 Å². The molecule has 1 saturated carbocycles. The van der Waals surface area contributed by atoms with Crippen molar-refractivity contribution in [3.8, 4) is 0 Å². The van der Waals surface area contributed by atoms with Crippen molar-refractivity contribution in [2.75, 3.05) is 13.2 Å². The Bertz CT molecular complexity index is 281. The molecule has 0 amide bonds. The van der Waals surface area contributed by atoms with Crippen LogP contribution in [0.25, 0.3) is 0 Å². The van der Waals surface area contributed by atoms with Crippen LogP contribution in [0.1, 0.15) is 65.7 Å². The average molecular weight is 282 g/mol. The van der Waals surface area contributed by atoms with E-state index < -0.39 is 0 Å². The van der Waals surface area contributed by atoms with Gasteiger partial charge in [0.2, 0.25) is 0 Å². The lowest BCUT2D eigenvalue weighted by molar-refractivity contribution is 0.139. The Kier molecular flexibility index (Phi) is 5.88. The van der Waals surface area contributed by atoms with E-state index in [-0.39, 0.29) is 12.0 Å². The normalized spacial score (nSPS) is 33.3. The van der Waals surface area contributed by atoms with Crippen LogP contribution in [0.4, 0.5) is 0 Å². The van der Waals surface area contributed by atoms with Crippen molar-refractivity contribution < 1.29 is 5.11 Å². The molecule has 4 unspecified atom stereocenters. The summed E-state index contributed by atoms with van der Waals surface area (Å²) in [4.78, 5) is 0. The third kappa shape index (κ3) is 4.19. The van der Waals surface area contributed by atoms with Crippen LogP contribution in [-0.4, -0.2) is 36.4 Å². The van der Waals surface area contributed by atoms with E-state index in [0.29, 0.717) is 12.1 Å². The molecule has 2 rings (SSSR count). The second-order valence-electron chi connectivity index (χ2n) is 7.86. The smallest absolute Gasteiger partial charge is 0.0446 e. The summed E-state index contributed by atoms with van der Waals surface area (Å²) in [5, 5.41) is 17.0. The van der Waals surface area contributed by atoms with Crippen LogP contribution in [0.3, 0.4) is 0 Å². The SMILES string of the molecule is CC(C)(C)C(CCO)NC1CCCCC1C1CCCN1. The summed E-state index contributed by atoms with van der Waals surface area (Å²) in [6.07, 6.45) is 8.98. The molecule has 1 heterocycles. The number of aliphatic hydroxyl groups is 1. The zero-order valence-electron chi connectivity index (χ0n) is 13.6. The van der Waals surface area contributed by atoms with Gasteiger partial charge in [-0.25, -0.2) is 0 Å². The van der Waals surface area contributed by atoms with Crippen LogP contribution in [0.5, 0.6) is 0 Å². The van der Waals surface area contributed by atoms with Crippen molar-refractivity contribution in [2.24, 2.45) is 11.3 Å². The van der Waals surface area contributed by atoms with Gasteiger partial charge in [-0.1, -0.05) is 33.6 Å². The zero-order valence-corrected chi connectivity index (χ0v) is 13.6. The molecule has 0 spiro atoms. The molecule has 3 N–H and O–H groups in total. The molecule has 3 heteroatoms. The highest BCUT2D eigenvalue weighted by atomic mass is 16.3. The predicted molar refractivity (Wildman–Crippen MR) is 84.9 cm³/mol. The van der Waals surface area contributed by atoms with Gasteiger partial charge < -0.3 is 15.7 Å². The first kappa shape index (κ1) is 16.3. The predicted octanol–water partition coefficient (Wildman–Crippen LogP) is 2.68. The van der Waals surface area contributed by atoms with E-state index in [1.54, 1.807) is 0 Å². The largest absolute Gasteiger partial charge is 0.396 e. The van der Waals surface area contributed by atoms with Crippen molar-refractivity contribution in [3.05, 3.63) is 0 Å². The van der Waals surface area contributed by atoms with Gasteiger partial charge in [0, 0.05) is 24.7 Å². The summed E-state index contributed by atoms with van der Waals surface area (Å²) in [6.45, 7) is 8.34. The lowest BCUT2D eigenvalue weighted by Crippen LogP contribution is -2.53. The molecule has 0 aromatic carbocycles. The maximum absolute atomic E-state index is 9.35. The van der Waals surface area contributed by atoms with Gasteiger partial charge in [0.15, 0.2) is 0 Å². The van der Waals surface area contributed by atoms with Crippen LogP contribution in [-0.2, 0) is 0 Å². The topological polar surface area (TPSA) is 44.3 Å². The maximum atomic E-state index is 9.35. The minimum absolute atomic E-state index is 0.216. The van der Waals surface area contributed by atoms with Crippen LogP contribution < -0.4 is 10.6 Å². The van der Waals surface area contributed by atoms with Gasteiger partial charge in [-0.15, -0.1) is 0 Å². The Balaban J connectivity index is 1.99. The van der Waals surface area contributed by atoms with E-state index in [9.17, 15) is 5.11 Å². The van der Waals surface area contributed by atoms with Gasteiger partial charge in [0.25, 0.3) is 0 Å². The van der Waals surface area contributed by atoms with Gasteiger partial charge in [0.05, 0.1) is 0 Å². The second-order valence-corrected chi connectivity index (χ2v) is 7.86. The van der Waals surface area contributed by atoms with Gasteiger partial charge in [0.1, 0.15) is 0 Å². The fraction of sp³-hybridized carbons (Fsp3) is 1.00. The van der Waals surface area contributed by atoms with E-state index >= 15 is 0 Å². The molecule has 1 saturated heterocycles. The first-order valence-electron chi connectivity index (χ1n) is 8.62. The van der Waals surface area contributed by atoms with E-state index in [0.717, 1.165) is 18.4 Å². The van der Waals surface area contributed by atoms with Gasteiger partial charge in [-0.2, -0.15) is 0 Å². The first-order valence-corrected chi connectivity index (χ1v) is 8.62. The molecule has 3 nitrogen and oxygen atoms in total. The molecular formula is C17H34N2O. The first-order chi connectivity index (χ1) is 9.52. The molecule has 0 aromatic rings. The highest BCUT2D eigenvalue weighted by molar-refractivity contribution is 4.94. The second kappa shape index (κ2) is 7.24. The summed E-state index contributed by atoms with van der Waals surface area (Å²) in [5.74, 6) is 0.787. The van der Waals surface area contributed by atoms with E-state index in [1.807, 2.05) is 0 Å². The van der Waals surface area contributed by atoms with E-state index in [4.69, 9.17) is 0 Å². The Morgan fingerprint density at radius 3 is 2.50 bits per heavy atom. The molecule has 118 valence electrons. The van der Waals surface area contributed by atoms with Gasteiger partial charge >= 0.3 is 0 Å². The van der Waals surface area contributed by atoms with Crippen LogP contribution in [0.2, 0.25) is 0 Å². The minimum Gasteiger partial charge on any atom is -0.396 e. The monoisotopic (exact) mass is 282 g/mol. The van der Waals surface area contributed by atoms with Crippen LogP contribution >= 0.6 is 0 Å². The molecule has 20 heavy (non-hydrogen) atoms. The van der Waals surface area contributed by atoms with Gasteiger partial charge in [-0.3, -0.25) is 0 Å². The molecule has 1 aliphatic carbocycles. The summed E-state index contributed by atoms with van der Waals surface area (Å²) in [6, 6.07) is 1.78. The molecule has 0 radical (unpaired) electrons. The quantitative estimate of drug-likeness (QED) is 0.726.